The van der Waals surface area contributed by atoms with E-state index in [0.717, 1.165) is 25.7 Å². The van der Waals surface area contributed by atoms with E-state index in [1.165, 1.54) is 31.2 Å². The fourth-order valence-electron chi connectivity index (χ4n) is 2.94. The third-order valence-corrected chi connectivity index (χ3v) is 4.13. The molecule has 1 heterocycles. The molecule has 1 aliphatic carbocycles. The number of nitrogens with one attached hydrogen (secondary N) is 1. The van der Waals surface area contributed by atoms with Crippen LogP contribution in [-0.4, -0.2) is 22.2 Å². The first-order chi connectivity index (χ1) is 11.1. The van der Waals surface area contributed by atoms with Crippen molar-refractivity contribution in [3.8, 4) is 11.3 Å². The van der Waals surface area contributed by atoms with Gasteiger partial charge in [-0.15, -0.1) is 0 Å². The first-order valence-electron chi connectivity index (χ1n) is 7.80. The Labute approximate surface area is 133 Å². The number of benzene rings is 1. The lowest BCUT2D eigenvalue weighted by Gasteiger charge is -2.13. The maximum atomic E-state index is 13.1. The van der Waals surface area contributed by atoms with Crippen LogP contribution < -0.4 is 5.32 Å². The minimum atomic E-state index is -0.957. The van der Waals surface area contributed by atoms with E-state index in [-0.39, 0.29) is 29.1 Å². The van der Waals surface area contributed by atoms with Crippen molar-refractivity contribution in [2.75, 3.05) is 0 Å². The van der Waals surface area contributed by atoms with Gasteiger partial charge in [-0.2, -0.15) is 0 Å². The first kappa shape index (κ1) is 15.7. The Balaban J connectivity index is 1.96. The fraction of sp³-hybridized carbons (Fsp3) is 0.412. The Kier molecular flexibility index (Phi) is 4.43. The van der Waals surface area contributed by atoms with E-state index in [4.69, 9.17) is 4.52 Å². The molecule has 122 valence electrons. The second kappa shape index (κ2) is 6.50. The van der Waals surface area contributed by atoms with Gasteiger partial charge < -0.3 is 14.9 Å². The smallest absolute Gasteiger partial charge is 0.257 e. The summed E-state index contributed by atoms with van der Waals surface area (Å²) in [6.45, 7) is 1.52. The number of halogens is 1. The molecule has 1 aromatic carbocycles. The minimum Gasteiger partial charge on any atom is -0.385 e. The van der Waals surface area contributed by atoms with Gasteiger partial charge in [-0.1, -0.05) is 18.0 Å². The summed E-state index contributed by atoms with van der Waals surface area (Å²) in [6, 6.07) is 5.80. The van der Waals surface area contributed by atoms with Gasteiger partial charge >= 0.3 is 0 Å². The van der Waals surface area contributed by atoms with Crippen molar-refractivity contribution in [2.45, 2.75) is 44.8 Å². The number of aliphatic hydroxyl groups excluding tert-OH is 1. The molecule has 0 saturated heterocycles. The highest BCUT2D eigenvalue weighted by Gasteiger charge is 2.28. The van der Waals surface area contributed by atoms with Crippen molar-refractivity contribution < 1.29 is 18.8 Å². The molecule has 1 atom stereocenters. The van der Waals surface area contributed by atoms with E-state index in [1.54, 1.807) is 0 Å². The zero-order chi connectivity index (χ0) is 16.4. The molecule has 1 aromatic heterocycles. The number of carbonyl (C=O) groups is 1. The van der Waals surface area contributed by atoms with Crippen LogP contribution in [0.2, 0.25) is 0 Å². The lowest BCUT2D eigenvalue weighted by molar-refractivity contribution is 0.0925. The lowest BCUT2D eigenvalue weighted by Crippen LogP contribution is -2.33. The van der Waals surface area contributed by atoms with Crippen molar-refractivity contribution in [1.82, 2.24) is 10.5 Å². The van der Waals surface area contributed by atoms with E-state index in [0.29, 0.717) is 11.3 Å². The van der Waals surface area contributed by atoms with Crippen LogP contribution in [0, 0.1) is 5.82 Å². The highest BCUT2D eigenvalue weighted by molar-refractivity contribution is 6.01. The van der Waals surface area contributed by atoms with Crippen molar-refractivity contribution in [1.29, 1.82) is 0 Å². The highest BCUT2D eigenvalue weighted by atomic mass is 19.1. The highest BCUT2D eigenvalue weighted by Crippen LogP contribution is 2.30. The minimum absolute atomic E-state index is 0.125. The van der Waals surface area contributed by atoms with Gasteiger partial charge in [0.15, 0.2) is 5.76 Å². The average molecular weight is 318 g/mol. The lowest BCUT2D eigenvalue weighted by atomic mass is 10.0. The molecule has 1 unspecified atom stereocenters. The summed E-state index contributed by atoms with van der Waals surface area (Å²) in [4.78, 5) is 12.7. The Morgan fingerprint density at radius 3 is 2.61 bits per heavy atom. The number of nitrogens with zero attached hydrogens (tertiary/aromatic N) is 1. The summed E-state index contributed by atoms with van der Waals surface area (Å²) >= 11 is 0. The van der Waals surface area contributed by atoms with Gasteiger partial charge in [-0.05, 0) is 44.0 Å². The molecule has 1 amide bonds. The van der Waals surface area contributed by atoms with Crippen LogP contribution in [0.25, 0.3) is 11.3 Å². The molecule has 0 bridgehead atoms. The van der Waals surface area contributed by atoms with Gasteiger partial charge in [0.2, 0.25) is 0 Å². The summed E-state index contributed by atoms with van der Waals surface area (Å²) in [7, 11) is 0. The van der Waals surface area contributed by atoms with Gasteiger partial charge in [0.25, 0.3) is 5.91 Å². The summed E-state index contributed by atoms with van der Waals surface area (Å²) in [5, 5.41) is 16.7. The van der Waals surface area contributed by atoms with E-state index >= 15 is 0 Å². The van der Waals surface area contributed by atoms with Crippen LogP contribution in [0.1, 0.15) is 54.8 Å². The van der Waals surface area contributed by atoms with E-state index < -0.39 is 6.10 Å². The normalized spacial score (nSPS) is 16.5. The van der Waals surface area contributed by atoms with Crippen molar-refractivity contribution in [2.24, 2.45) is 0 Å². The molecule has 2 N–H and O–H groups in total. The third-order valence-electron chi connectivity index (χ3n) is 4.13. The molecule has 0 radical (unpaired) electrons. The van der Waals surface area contributed by atoms with Gasteiger partial charge in [0.1, 0.15) is 23.2 Å². The first-order valence-corrected chi connectivity index (χ1v) is 7.80. The molecule has 0 spiro atoms. The van der Waals surface area contributed by atoms with E-state index in [2.05, 4.69) is 10.5 Å². The molecule has 5 nitrogen and oxygen atoms in total. The van der Waals surface area contributed by atoms with Gasteiger partial charge in [0, 0.05) is 11.6 Å². The molecule has 3 rings (SSSR count). The monoisotopic (exact) mass is 318 g/mol. The number of amides is 1. The summed E-state index contributed by atoms with van der Waals surface area (Å²) < 4.78 is 18.3. The molecule has 23 heavy (non-hydrogen) atoms. The number of aromatic nitrogens is 1. The van der Waals surface area contributed by atoms with E-state index in [1.807, 2.05) is 0 Å². The van der Waals surface area contributed by atoms with E-state index in [9.17, 15) is 14.3 Å². The van der Waals surface area contributed by atoms with Gasteiger partial charge in [-0.3, -0.25) is 4.79 Å². The molecule has 2 aromatic rings. The number of aliphatic hydroxyl groups is 1. The van der Waals surface area contributed by atoms with Gasteiger partial charge in [0.05, 0.1) is 0 Å². The largest absolute Gasteiger partial charge is 0.385 e. The molecular formula is C17H19FN2O3. The summed E-state index contributed by atoms with van der Waals surface area (Å²) in [6.07, 6.45) is 3.14. The molecular weight excluding hydrogens is 299 g/mol. The number of rotatable bonds is 4. The number of carbonyl (C=O) groups excluding carboxylic acids is 1. The second-order valence-electron chi connectivity index (χ2n) is 5.91. The molecule has 0 aliphatic heterocycles. The summed E-state index contributed by atoms with van der Waals surface area (Å²) in [5.74, 6) is -0.557. The van der Waals surface area contributed by atoms with Crippen molar-refractivity contribution in [3.05, 3.63) is 41.4 Å². The number of hydrogen-bond acceptors (Lipinski definition) is 4. The number of hydrogen-bond donors (Lipinski definition) is 2. The maximum absolute atomic E-state index is 13.1. The molecule has 1 aliphatic rings. The molecule has 6 heteroatoms. The van der Waals surface area contributed by atoms with Gasteiger partial charge in [-0.25, -0.2) is 4.39 Å². The quantitative estimate of drug-likeness (QED) is 0.907. The Bertz CT molecular complexity index is 688. The molecule has 1 saturated carbocycles. The summed E-state index contributed by atoms with van der Waals surface area (Å²) in [5.41, 5.74) is 1.11. The Morgan fingerprint density at radius 1 is 1.35 bits per heavy atom. The third kappa shape index (κ3) is 3.27. The van der Waals surface area contributed by atoms with Crippen LogP contribution >= 0.6 is 0 Å². The Morgan fingerprint density at radius 2 is 2.00 bits per heavy atom. The van der Waals surface area contributed by atoms with Crippen LogP contribution in [0.15, 0.2) is 28.8 Å². The van der Waals surface area contributed by atoms with Crippen molar-refractivity contribution >= 4 is 5.91 Å². The SMILES string of the molecule is CC(O)c1onc(-c2ccc(F)cc2)c1C(=O)NC1CCCC1. The Hall–Kier alpha value is -2.21. The average Bonchev–Trinajstić information content (AvgIpc) is 3.16. The molecule has 1 fully saturated rings. The predicted molar refractivity (Wildman–Crippen MR) is 82.3 cm³/mol. The topological polar surface area (TPSA) is 75.4 Å². The standard InChI is InChI=1S/C17H19FN2O3/c1-10(21)16-14(17(22)19-13-4-2-3-5-13)15(20-23-16)11-6-8-12(18)9-7-11/h6-10,13,21H,2-5H2,1H3,(H,19,22). The zero-order valence-corrected chi connectivity index (χ0v) is 12.9. The van der Waals surface area contributed by atoms with Crippen LogP contribution in [0.3, 0.4) is 0 Å². The predicted octanol–water partition coefficient (Wildman–Crippen LogP) is 3.21. The second-order valence-corrected chi connectivity index (χ2v) is 5.91. The fourth-order valence-corrected chi connectivity index (χ4v) is 2.94. The van der Waals surface area contributed by atoms with Crippen LogP contribution in [-0.2, 0) is 0 Å². The zero-order valence-electron chi connectivity index (χ0n) is 12.9. The van der Waals surface area contributed by atoms with Crippen LogP contribution in [0.4, 0.5) is 4.39 Å². The van der Waals surface area contributed by atoms with Crippen molar-refractivity contribution in [3.63, 3.8) is 0 Å². The van der Waals surface area contributed by atoms with Crippen LogP contribution in [0.5, 0.6) is 0 Å². The maximum Gasteiger partial charge on any atom is 0.257 e.